The number of aromatic nitrogens is 6. The topological polar surface area (TPSA) is 53.5 Å². The summed E-state index contributed by atoms with van der Waals surface area (Å²) < 4.78 is 7.50. The van der Waals surface area contributed by atoms with Crippen LogP contribution in [0.3, 0.4) is 0 Å². The van der Waals surface area contributed by atoms with E-state index in [-0.39, 0.29) is 17.8 Å². The number of rotatable bonds is 10. The van der Waals surface area contributed by atoms with Crippen LogP contribution >= 0.6 is 0 Å². The molecular weight excluding hydrogens is 1060 g/mol. The zero-order valence-electron chi connectivity index (χ0n) is 47.8. The van der Waals surface area contributed by atoms with Crippen molar-refractivity contribution in [2.24, 2.45) is 0 Å². The average Bonchev–Trinajstić information content (AvgIpc) is 1.66. The molecule has 14 aromatic rings. The summed E-state index contributed by atoms with van der Waals surface area (Å²) in [6.45, 7) is 0. The van der Waals surface area contributed by atoms with Gasteiger partial charge in [0.25, 0.3) is 0 Å². The molecule has 3 unspecified atom stereocenters. The summed E-state index contributed by atoms with van der Waals surface area (Å²) in [5.41, 5.74) is 19.7. The lowest BCUT2D eigenvalue weighted by molar-refractivity contribution is 0.743. The van der Waals surface area contributed by atoms with Crippen molar-refractivity contribution in [1.29, 1.82) is 0 Å². The Hall–Kier alpha value is -11.0. The molecule has 4 heterocycles. The van der Waals surface area contributed by atoms with Crippen molar-refractivity contribution >= 4 is 93.4 Å². The van der Waals surface area contributed by atoms with Crippen molar-refractivity contribution < 1.29 is 0 Å². The highest BCUT2D eigenvalue weighted by atomic mass is 15.1. The van der Waals surface area contributed by atoms with Crippen molar-refractivity contribution in [2.45, 2.75) is 37.0 Å². The molecular formula is C81H58N6. The molecule has 3 aliphatic carbocycles. The van der Waals surface area contributed by atoms with Crippen LogP contribution in [0.25, 0.3) is 105 Å². The molecule has 3 aliphatic rings. The number of fused-ring (bicyclic) bond motifs is 9. The number of hydrogen-bond donors (Lipinski definition) is 0. The molecule has 0 saturated heterocycles. The third-order valence-electron chi connectivity index (χ3n) is 18.4. The summed E-state index contributed by atoms with van der Waals surface area (Å²) >= 11 is 0. The summed E-state index contributed by atoms with van der Waals surface area (Å²) in [7, 11) is 0. The van der Waals surface area contributed by atoms with Crippen molar-refractivity contribution in [3.63, 3.8) is 0 Å². The van der Waals surface area contributed by atoms with Crippen LogP contribution in [-0.4, -0.2) is 28.7 Å². The third-order valence-corrected chi connectivity index (χ3v) is 18.4. The smallest absolute Gasteiger partial charge is 0.163 e. The minimum Gasteiger partial charge on any atom is -0.312 e. The van der Waals surface area contributed by atoms with Gasteiger partial charge in [0.1, 0.15) is 5.82 Å². The van der Waals surface area contributed by atoms with E-state index in [2.05, 4.69) is 311 Å². The van der Waals surface area contributed by atoms with Gasteiger partial charge in [0.15, 0.2) is 11.6 Å². The standard InChI is InChI=1S/C81H58N6/c1-5-21-53(22-6-1)55-37-41-59(42-38-55)79-82-80(60-43-39-56(40-44-60)54-23-7-2-8-24-54)84-81(83-79)61-49-69(57-25-9-3-10-26-57)78(70(50-61)58-27-11-4-12-28-58)87-76-48-46-62(85-72-33-17-13-29-64(72)65-30-14-18-34-73(65)85)51-71(76)68-47-45-63(52-77(68)87)86-74-35-19-15-31-66(74)67-32-16-20-36-75(67)86/h1-39,41,43-49,51-52,56,59,70H,40,42,50H2. The van der Waals surface area contributed by atoms with Crippen LogP contribution in [-0.2, 0) is 0 Å². The van der Waals surface area contributed by atoms with E-state index in [0.717, 1.165) is 63.4 Å². The minimum atomic E-state index is -0.135. The van der Waals surface area contributed by atoms with E-state index in [1.165, 1.54) is 82.3 Å². The number of nitrogens with zero attached hydrogens (tertiary/aromatic N) is 6. The first-order valence-corrected chi connectivity index (χ1v) is 30.4. The lowest BCUT2D eigenvalue weighted by Gasteiger charge is -2.31. The quantitative estimate of drug-likeness (QED) is 0.137. The zero-order valence-corrected chi connectivity index (χ0v) is 47.8. The van der Waals surface area contributed by atoms with Gasteiger partial charge < -0.3 is 13.7 Å². The first-order valence-electron chi connectivity index (χ1n) is 30.4. The van der Waals surface area contributed by atoms with Crippen LogP contribution in [0.2, 0.25) is 0 Å². The van der Waals surface area contributed by atoms with Crippen molar-refractivity contribution in [3.8, 4) is 11.4 Å². The lowest BCUT2D eigenvalue weighted by Crippen LogP contribution is -2.17. The molecule has 412 valence electrons. The molecule has 0 amide bonds. The molecule has 0 saturated carbocycles. The maximum Gasteiger partial charge on any atom is 0.163 e. The Balaban J connectivity index is 0.913. The minimum absolute atomic E-state index is 0.0363. The summed E-state index contributed by atoms with van der Waals surface area (Å²) in [5, 5.41) is 7.31. The van der Waals surface area contributed by atoms with Gasteiger partial charge in [-0.15, -0.1) is 0 Å². The Morgan fingerprint density at radius 1 is 0.345 bits per heavy atom. The van der Waals surface area contributed by atoms with E-state index in [9.17, 15) is 0 Å². The molecule has 0 bridgehead atoms. The summed E-state index contributed by atoms with van der Waals surface area (Å²) in [6.07, 6.45) is 18.4. The largest absolute Gasteiger partial charge is 0.312 e. The molecule has 0 fully saturated rings. The van der Waals surface area contributed by atoms with Crippen molar-refractivity contribution in [3.05, 3.63) is 337 Å². The monoisotopic (exact) mass is 1110 g/mol. The first-order chi connectivity index (χ1) is 43.1. The van der Waals surface area contributed by atoms with E-state index in [1.807, 2.05) is 0 Å². The maximum atomic E-state index is 5.59. The normalized spacial score (nSPS) is 17.0. The van der Waals surface area contributed by atoms with Crippen LogP contribution in [0.1, 0.15) is 76.7 Å². The van der Waals surface area contributed by atoms with Crippen LogP contribution in [0, 0.1) is 0 Å². The zero-order chi connectivity index (χ0) is 57.4. The van der Waals surface area contributed by atoms with Gasteiger partial charge in [-0.25, -0.2) is 15.0 Å². The Labute approximate surface area is 504 Å². The number of hydrogen-bond acceptors (Lipinski definition) is 3. The second kappa shape index (κ2) is 21.0. The van der Waals surface area contributed by atoms with E-state index in [4.69, 9.17) is 15.0 Å². The number of benzene rings is 10. The number of para-hydroxylation sites is 4. The molecule has 3 atom stereocenters. The summed E-state index contributed by atoms with van der Waals surface area (Å²) in [5.74, 6) is 2.30. The molecule has 10 aromatic carbocycles. The van der Waals surface area contributed by atoms with Crippen molar-refractivity contribution in [2.75, 3.05) is 0 Å². The van der Waals surface area contributed by atoms with E-state index in [0.29, 0.717) is 18.1 Å². The van der Waals surface area contributed by atoms with Crippen LogP contribution < -0.4 is 0 Å². The highest BCUT2D eigenvalue weighted by Gasteiger charge is 2.33. The van der Waals surface area contributed by atoms with Gasteiger partial charge in [-0.2, -0.15) is 0 Å². The van der Waals surface area contributed by atoms with Crippen molar-refractivity contribution in [1.82, 2.24) is 28.7 Å². The molecule has 6 heteroatoms. The SMILES string of the molecule is C1=CC(c2nc(C3=CCC(c4ccccc4)C=C3)nc(C3=CC(c4ccccc4)=C(n4c5ccc(-n6c7ccccc7c7ccccc76)cc5c5ccc(-n6c7ccccc7c7ccccc76)cc54)C(c4ccccc4)C3)n2)CC=C1c1ccccc1. The van der Waals surface area contributed by atoms with Gasteiger partial charge in [-0.05, 0) is 113 Å². The second-order valence-electron chi connectivity index (χ2n) is 23.3. The predicted molar refractivity (Wildman–Crippen MR) is 361 cm³/mol. The lowest BCUT2D eigenvalue weighted by atomic mass is 9.80. The fourth-order valence-electron chi connectivity index (χ4n) is 14.2. The first kappa shape index (κ1) is 50.6. The van der Waals surface area contributed by atoms with E-state index < -0.39 is 0 Å². The second-order valence-corrected chi connectivity index (χ2v) is 23.3. The summed E-state index contributed by atoms with van der Waals surface area (Å²) in [6, 6.07) is 93.0. The van der Waals surface area contributed by atoms with E-state index in [1.54, 1.807) is 0 Å². The van der Waals surface area contributed by atoms with Crippen LogP contribution in [0.5, 0.6) is 0 Å². The number of allylic oxidation sites excluding steroid dienone is 12. The molecule has 17 rings (SSSR count). The Bertz CT molecular complexity index is 5140. The predicted octanol–water partition coefficient (Wildman–Crippen LogP) is 20.1. The Kier molecular flexibility index (Phi) is 12.2. The Morgan fingerprint density at radius 2 is 0.816 bits per heavy atom. The molecule has 0 aliphatic heterocycles. The van der Waals surface area contributed by atoms with Gasteiger partial charge >= 0.3 is 0 Å². The maximum absolute atomic E-state index is 5.59. The van der Waals surface area contributed by atoms with Gasteiger partial charge in [-0.1, -0.05) is 237 Å². The van der Waals surface area contributed by atoms with Gasteiger partial charge in [0, 0.05) is 78.3 Å². The highest BCUT2D eigenvalue weighted by Crippen LogP contribution is 2.50. The molecule has 87 heavy (non-hydrogen) atoms. The molecule has 4 aromatic heterocycles. The summed E-state index contributed by atoms with van der Waals surface area (Å²) in [4.78, 5) is 16.6. The van der Waals surface area contributed by atoms with E-state index >= 15 is 0 Å². The van der Waals surface area contributed by atoms with Gasteiger partial charge in [0.2, 0.25) is 0 Å². The fourth-order valence-corrected chi connectivity index (χ4v) is 14.2. The molecule has 0 spiro atoms. The fraction of sp³-hybridized carbons (Fsp3) is 0.0741. The molecule has 6 nitrogen and oxygen atoms in total. The average molecular weight is 1120 g/mol. The highest BCUT2D eigenvalue weighted by molar-refractivity contribution is 6.16. The van der Waals surface area contributed by atoms with Crippen LogP contribution in [0.4, 0.5) is 0 Å². The van der Waals surface area contributed by atoms with Gasteiger partial charge in [0.05, 0.1) is 33.1 Å². The van der Waals surface area contributed by atoms with Crippen LogP contribution in [0.15, 0.2) is 297 Å². The third kappa shape index (κ3) is 8.66. The molecule has 0 N–H and O–H groups in total. The Morgan fingerprint density at radius 3 is 1.40 bits per heavy atom. The molecule has 0 radical (unpaired) electrons. The van der Waals surface area contributed by atoms with Gasteiger partial charge in [-0.3, -0.25) is 0 Å².